The van der Waals surface area contributed by atoms with Crippen LogP contribution in [0.5, 0.6) is 5.75 Å². The third kappa shape index (κ3) is 3.94. The Morgan fingerprint density at radius 1 is 1.15 bits per heavy atom. The monoisotopic (exact) mass is 393 g/mol. The van der Waals surface area contributed by atoms with Crippen LogP contribution in [0.3, 0.4) is 0 Å². The van der Waals surface area contributed by atoms with Gasteiger partial charge in [0.25, 0.3) is 5.91 Å². The molecule has 0 radical (unpaired) electrons. The van der Waals surface area contributed by atoms with Crippen LogP contribution in [0.4, 0.5) is 5.13 Å². The first-order chi connectivity index (χ1) is 13.2. The zero-order valence-electron chi connectivity index (χ0n) is 14.2. The van der Waals surface area contributed by atoms with Crippen LogP contribution in [0.2, 0.25) is 0 Å². The van der Waals surface area contributed by atoms with Crippen molar-refractivity contribution in [2.24, 2.45) is 0 Å². The second-order valence-corrected chi connectivity index (χ2v) is 7.62. The summed E-state index contributed by atoms with van der Waals surface area (Å²) in [6.45, 7) is 0.483. The molecule has 1 aliphatic rings. The molecule has 0 saturated carbocycles. The van der Waals surface area contributed by atoms with Crippen LogP contribution in [0, 0.1) is 5.41 Å². The molecule has 2 heterocycles. The standard InChI is InChI=1S/C20H15N3O2S2/c21-19-23(20-22-9-10-26-20)18(24)17(27-19)12-15-7-4-8-16(11-15)25-13-14-5-2-1-3-6-14/h1-12,21H,13H2/b17-12-,21-19?. The van der Waals surface area contributed by atoms with E-state index in [1.165, 1.54) is 16.2 Å². The average molecular weight is 393 g/mol. The third-order valence-corrected chi connectivity index (χ3v) is 5.48. The number of hydrogen-bond acceptors (Lipinski definition) is 6. The Kier molecular flexibility index (Phi) is 5.04. The predicted molar refractivity (Wildman–Crippen MR) is 110 cm³/mol. The Labute approximate surface area is 164 Å². The summed E-state index contributed by atoms with van der Waals surface area (Å²) in [5.41, 5.74) is 1.94. The number of nitrogens with one attached hydrogen (secondary N) is 1. The van der Waals surface area contributed by atoms with Crippen molar-refractivity contribution in [3.8, 4) is 5.75 Å². The van der Waals surface area contributed by atoms with Crippen molar-refractivity contribution in [3.63, 3.8) is 0 Å². The molecule has 4 rings (SSSR count). The van der Waals surface area contributed by atoms with Crippen LogP contribution in [0.15, 0.2) is 71.1 Å². The lowest BCUT2D eigenvalue weighted by atomic mass is 10.2. The van der Waals surface area contributed by atoms with E-state index >= 15 is 0 Å². The van der Waals surface area contributed by atoms with Crippen molar-refractivity contribution < 1.29 is 9.53 Å². The van der Waals surface area contributed by atoms with Gasteiger partial charge in [-0.3, -0.25) is 10.2 Å². The number of carbonyl (C=O) groups is 1. The van der Waals surface area contributed by atoms with Gasteiger partial charge in [0.15, 0.2) is 10.3 Å². The van der Waals surface area contributed by atoms with E-state index in [-0.39, 0.29) is 11.1 Å². The van der Waals surface area contributed by atoms with Crippen molar-refractivity contribution in [2.45, 2.75) is 6.61 Å². The molecule has 7 heteroatoms. The SMILES string of the molecule is N=C1S/C(=C\c2cccc(OCc3ccccc3)c2)C(=O)N1c1nccs1. The molecule has 1 saturated heterocycles. The highest BCUT2D eigenvalue weighted by molar-refractivity contribution is 8.19. The van der Waals surface area contributed by atoms with E-state index in [2.05, 4.69) is 4.98 Å². The van der Waals surface area contributed by atoms with Gasteiger partial charge >= 0.3 is 0 Å². The number of nitrogens with zero attached hydrogens (tertiary/aromatic N) is 2. The van der Waals surface area contributed by atoms with Crippen LogP contribution in [0.1, 0.15) is 11.1 Å². The Balaban J connectivity index is 1.51. The summed E-state index contributed by atoms with van der Waals surface area (Å²) in [6.07, 6.45) is 3.41. The van der Waals surface area contributed by atoms with Crippen molar-refractivity contribution >= 4 is 45.4 Å². The lowest BCUT2D eigenvalue weighted by Gasteiger charge is -2.09. The van der Waals surface area contributed by atoms with Gasteiger partial charge in [-0.1, -0.05) is 42.5 Å². The lowest BCUT2D eigenvalue weighted by molar-refractivity contribution is -0.113. The van der Waals surface area contributed by atoms with Crippen LogP contribution in [-0.2, 0) is 11.4 Å². The average Bonchev–Trinajstić information content (AvgIpc) is 3.30. The van der Waals surface area contributed by atoms with E-state index in [0.29, 0.717) is 16.6 Å². The zero-order valence-corrected chi connectivity index (χ0v) is 15.8. The predicted octanol–water partition coefficient (Wildman–Crippen LogP) is 4.78. The van der Waals surface area contributed by atoms with Crippen LogP contribution in [0.25, 0.3) is 6.08 Å². The molecule has 0 spiro atoms. The summed E-state index contributed by atoms with van der Waals surface area (Å²) < 4.78 is 5.84. The number of thiazole rings is 1. The highest BCUT2D eigenvalue weighted by Crippen LogP contribution is 2.36. The number of amidine groups is 1. The van der Waals surface area contributed by atoms with Crippen molar-refractivity contribution in [1.82, 2.24) is 4.98 Å². The quantitative estimate of drug-likeness (QED) is 0.634. The van der Waals surface area contributed by atoms with Crippen LogP contribution >= 0.6 is 23.1 Å². The van der Waals surface area contributed by atoms with Gasteiger partial charge in [-0.2, -0.15) is 0 Å². The molecule has 2 aromatic carbocycles. The molecule has 134 valence electrons. The largest absolute Gasteiger partial charge is 0.489 e. The molecular formula is C20H15N3O2S2. The molecule has 0 atom stereocenters. The van der Waals surface area contributed by atoms with Gasteiger partial charge in [0, 0.05) is 11.6 Å². The maximum atomic E-state index is 12.6. The molecule has 1 aliphatic heterocycles. The summed E-state index contributed by atoms with van der Waals surface area (Å²) in [5, 5.41) is 10.5. The van der Waals surface area contributed by atoms with E-state index in [1.54, 1.807) is 17.7 Å². The van der Waals surface area contributed by atoms with Gasteiger partial charge in [-0.15, -0.1) is 11.3 Å². The van der Waals surface area contributed by atoms with Gasteiger partial charge in [-0.05, 0) is 41.1 Å². The van der Waals surface area contributed by atoms with Gasteiger partial charge in [0.05, 0.1) is 4.91 Å². The van der Waals surface area contributed by atoms with Crippen molar-refractivity contribution in [2.75, 3.05) is 4.90 Å². The van der Waals surface area contributed by atoms with Gasteiger partial charge in [0.2, 0.25) is 0 Å². The number of carbonyl (C=O) groups excluding carboxylic acids is 1. The molecule has 0 bridgehead atoms. The molecule has 3 aromatic rings. The smallest absolute Gasteiger partial charge is 0.273 e. The number of hydrogen-bond donors (Lipinski definition) is 1. The Bertz CT molecular complexity index is 1000. The van der Waals surface area contributed by atoms with Crippen molar-refractivity contribution in [3.05, 3.63) is 82.2 Å². The number of thioether (sulfide) groups is 1. The number of amides is 1. The lowest BCUT2D eigenvalue weighted by Crippen LogP contribution is -2.27. The zero-order chi connectivity index (χ0) is 18.6. The highest BCUT2D eigenvalue weighted by Gasteiger charge is 2.34. The van der Waals surface area contributed by atoms with E-state index in [9.17, 15) is 4.79 Å². The first kappa shape index (κ1) is 17.5. The summed E-state index contributed by atoms with van der Waals surface area (Å²) in [7, 11) is 0. The number of aromatic nitrogens is 1. The van der Waals surface area contributed by atoms with E-state index in [0.717, 1.165) is 28.6 Å². The molecule has 0 unspecified atom stereocenters. The molecule has 1 N–H and O–H groups in total. The fraction of sp³-hybridized carbons (Fsp3) is 0.0500. The fourth-order valence-corrected chi connectivity index (χ4v) is 4.12. The second-order valence-electron chi connectivity index (χ2n) is 5.72. The van der Waals surface area contributed by atoms with Crippen molar-refractivity contribution in [1.29, 1.82) is 5.41 Å². The van der Waals surface area contributed by atoms with Gasteiger partial charge in [0.1, 0.15) is 12.4 Å². The molecule has 1 fully saturated rings. The van der Waals surface area contributed by atoms with Gasteiger partial charge < -0.3 is 4.74 Å². The fourth-order valence-electron chi connectivity index (χ4n) is 2.57. The number of benzene rings is 2. The highest BCUT2D eigenvalue weighted by atomic mass is 32.2. The molecule has 27 heavy (non-hydrogen) atoms. The summed E-state index contributed by atoms with van der Waals surface area (Å²) in [5.74, 6) is 0.506. The first-order valence-electron chi connectivity index (χ1n) is 8.19. The van der Waals surface area contributed by atoms with Crippen LogP contribution < -0.4 is 9.64 Å². The number of rotatable bonds is 5. The molecule has 5 nitrogen and oxygen atoms in total. The van der Waals surface area contributed by atoms with E-state index < -0.39 is 0 Å². The summed E-state index contributed by atoms with van der Waals surface area (Å²) in [6, 6.07) is 17.5. The number of ether oxygens (including phenoxy) is 1. The minimum atomic E-state index is -0.226. The summed E-state index contributed by atoms with van der Waals surface area (Å²) in [4.78, 5) is 18.6. The first-order valence-corrected chi connectivity index (χ1v) is 9.89. The molecular weight excluding hydrogens is 378 g/mol. The second kappa shape index (κ2) is 7.77. The molecule has 1 amide bonds. The van der Waals surface area contributed by atoms with Crippen LogP contribution in [-0.4, -0.2) is 16.1 Å². The summed E-state index contributed by atoms with van der Waals surface area (Å²) >= 11 is 2.47. The Hall–Kier alpha value is -2.90. The molecule has 0 aliphatic carbocycles. The molecule has 1 aromatic heterocycles. The van der Waals surface area contributed by atoms with E-state index in [4.69, 9.17) is 10.1 Å². The topological polar surface area (TPSA) is 66.3 Å². The normalized spacial score (nSPS) is 15.6. The maximum Gasteiger partial charge on any atom is 0.273 e. The minimum Gasteiger partial charge on any atom is -0.489 e. The minimum absolute atomic E-state index is 0.165. The van der Waals surface area contributed by atoms with Gasteiger partial charge in [-0.25, -0.2) is 9.88 Å². The maximum absolute atomic E-state index is 12.6. The third-order valence-electron chi connectivity index (χ3n) is 3.84. The Morgan fingerprint density at radius 3 is 2.78 bits per heavy atom. The number of anilines is 1. The Morgan fingerprint density at radius 2 is 2.00 bits per heavy atom. The van der Waals surface area contributed by atoms with E-state index in [1.807, 2.05) is 54.6 Å².